The Labute approximate surface area is 145 Å². The number of nitrogens with zero attached hydrogens (tertiary/aromatic N) is 1. The molecule has 1 fully saturated rings. The van der Waals surface area contributed by atoms with Gasteiger partial charge in [0, 0.05) is 19.2 Å². The molecule has 25 heavy (non-hydrogen) atoms. The fraction of sp³-hybridized carbons (Fsp3) is 0.467. The summed E-state index contributed by atoms with van der Waals surface area (Å²) in [5.41, 5.74) is -0.0433. The molecule has 0 radical (unpaired) electrons. The summed E-state index contributed by atoms with van der Waals surface area (Å²) in [6.07, 6.45) is 0.780. The van der Waals surface area contributed by atoms with Gasteiger partial charge in [0.05, 0.1) is 23.0 Å². The Morgan fingerprint density at radius 1 is 1.40 bits per heavy atom. The van der Waals surface area contributed by atoms with Crippen molar-refractivity contribution in [3.8, 4) is 0 Å². The monoisotopic (exact) mass is 373 g/mol. The van der Waals surface area contributed by atoms with Crippen LogP contribution in [0.3, 0.4) is 0 Å². The van der Waals surface area contributed by atoms with Crippen LogP contribution in [0.1, 0.15) is 19.8 Å². The summed E-state index contributed by atoms with van der Waals surface area (Å²) in [4.78, 5) is 24.3. The van der Waals surface area contributed by atoms with Crippen molar-refractivity contribution in [2.75, 3.05) is 28.9 Å². The highest BCUT2D eigenvalue weighted by atomic mass is 32.2. The lowest BCUT2D eigenvalue weighted by atomic mass is 10.1. The number of urea groups is 1. The predicted octanol–water partition coefficient (Wildman–Crippen LogP) is 1.92. The van der Waals surface area contributed by atoms with Crippen LogP contribution in [0.25, 0.3) is 0 Å². The molecule has 2 amide bonds. The van der Waals surface area contributed by atoms with E-state index in [1.165, 1.54) is 17.0 Å². The number of sulfonamides is 1. The first kappa shape index (κ1) is 19.0. The van der Waals surface area contributed by atoms with Crippen molar-refractivity contribution in [2.45, 2.75) is 19.8 Å². The van der Waals surface area contributed by atoms with E-state index in [0.717, 1.165) is 6.07 Å². The van der Waals surface area contributed by atoms with E-state index in [0.29, 0.717) is 12.8 Å². The standard InChI is InChI=1S/C15H20FN3O5S/c1-2-7-25(23,24)18-11-3-4-13(12(16)8-11)17-15(22)19-6-5-10(9-19)14(20)21/h3-4,8,10,18H,2,5-7,9H2,1H3,(H,17,22)(H,20,21). The number of carboxylic acids is 1. The largest absolute Gasteiger partial charge is 0.481 e. The van der Waals surface area contributed by atoms with E-state index in [4.69, 9.17) is 5.11 Å². The quantitative estimate of drug-likeness (QED) is 0.704. The highest BCUT2D eigenvalue weighted by Crippen LogP contribution is 2.22. The van der Waals surface area contributed by atoms with Crippen molar-refractivity contribution in [1.82, 2.24) is 4.90 Å². The number of amides is 2. The normalized spacial score (nSPS) is 17.4. The number of carboxylic acid groups (broad SMARTS) is 1. The van der Waals surface area contributed by atoms with Crippen molar-refractivity contribution in [1.29, 1.82) is 0 Å². The van der Waals surface area contributed by atoms with Gasteiger partial charge in [0.2, 0.25) is 10.0 Å². The molecule has 1 unspecified atom stereocenters. The first-order valence-corrected chi connectivity index (χ1v) is 9.46. The molecule has 3 N–H and O–H groups in total. The molecule has 1 heterocycles. The van der Waals surface area contributed by atoms with Crippen molar-refractivity contribution in [2.24, 2.45) is 5.92 Å². The average Bonchev–Trinajstić information content (AvgIpc) is 2.99. The molecule has 10 heteroatoms. The lowest BCUT2D eigenvalue weighted by molar-refractivity contribution is -0.141. The first-order valence-electron chi connectivity index (χ1n) is 7.80. The van der Waals surface area contributed by atoms with Gasteiger partial charge in [-0.3, -0.25) is 9.52 Å². The van der Waals surface area contributed by atoms with Gasteiger partial charge in [-0.05, 0) is 25.0 Å². The van der Waals surface area contributed by atoms with Crippen LogP contribution in [0.5, 0.6) is 0 Å². The Kier molecular flexibility index (Phi) is 5.83. The van der Waals surface area contributed by atoms with Gasteiger partial charge in [0.1, 0.15) is 5.82 Å². The van der Waals surface area contributed by atoms with E-state index in [1.54, 1.807) is 6.92 Å². The lowest BCUT2D eigenvalue weighted by Gasteiger charge is -2.17. The number of nitrogens with one attached hydrogen (secondary N) is 2. The van der Waals surface area contributed by atoms with Gasteiger partial charge in [0.25, 0.3) is 0 Å². The van der Waals surface area contributed by atoms with Crippen LogP contribution in [-0.4, -0.2) is 49.3 Å². The number of aliphatic carboxylic acids is 1. The van der Waals surface area contributed by atoms with E-state index >= 15 is 0 Å². The smallest absolute Gasteiger partial charge is 0.321 e. The molecule has 0 spiro atoms. The number of halogens is 1. The Bertz CT molecular complexity index is 768. The van der Waals surface area contributed by atoms with Crippen LogP contribution in [0.4, 0.5) is 20.6 Å². The average molecular weight is 373 g/mol. The predicted molar refractivity (Wildman–Crippen MR) is 90.4 cm³/mol. The van der Waals surface area contributed by atoms with Gasteiger partial charge in [-0.2, -0.15) is 0 Å². The zero-order chi connectivity index (χ0) is 18.6. The van der Waals surface area contributed by atoms with Crippen molar-refractivity contribution >= 4 is 33.4 Å². The molecule has 8 nitrogen and oxygen atoms in total. The van der Waals surface area contributed by atoms with E-state index in [9.17, 15) is 22.4 Å². The molecule has 0 bridgehead atoms. The minimum atomic E-state index is -3.53. The topological polar surface area (TPSA) is 116 Å². The van der Waals surface area contributed by atoms with Crippen LogP contribution >= 0.6 is 0 Å². The van der Waals surface area contributed by atoms with E-state index in [2.05, 4.69) is 10.0 Å². The van der Waals surface area contributed by atoms with Crippen LogP contribution in [0.2, 0.25) is 0 Å². The van der Waals surface area contributed by atoms with Crippen LogP contribution in [0, 0.1) is 11.7 Å². The maximum atomic E-state index is 14.1. The Hall–Kier alpha value is -2.36. The van der Waals surface area contributed by atoms with E-state index < -0.39 is 33.8 Å². The van der Waals surface area contributed by atoms with Gasteiger partial charge in [-0.15, -0.1) is 0 Å². The third-order valence-electron chi connectivity index (χ3n) is 3.78. The molecule has 1 aromatic carbocycles. The lowest BCUT2D eigenvalue weighted by Crippen LogP contribution is -2.34. The maximum absolute atomic E-state index is 14.1. The first-order chi connectivity index (χ1) is 11.7. The van der Waals surface area contributed by atoms with Gasteiger partial charge in [-0.25, -0.2) is 17.6 Å². The zero-order valence-corrected chi connectivity index (χ0v) is 14.5. The summed E-state index contributed by atoms with van der Waals surface area (Å²) in [7, 11) is -3.53. The second kappa shape index (κ2) is 7.68. The number of anilines is 2. The van der Waals surface area contributed by atoms with Crippen molar-refractivity contribution in [3.05, 3.63) is 24.0 Å². The van der Waals surface area contributed by atoms with Crippen LogP contribution in [-0.2, 0) is 14.8 Å². The Balaban J connectivity index is 2.01. The number of rotatable bonds is 6. The SMILES string of the molecule is CCCS(=O)(=O)Nc1ccc(NC(=O)N2CCC(C(=O)O)C2)c(F)c1. The number of hydrogen-bond donors (Lipinski definition) is 3. The third-order valence-corrected chi connectivity index (χ3v) is 5.27. The van der Waals surface area contributed by atoms with Gasteiger partial charge in [-0.1, -0.05) is 6.92 Å². The number of benzene rings is 1. The highest BCUT2D eigenvalue weighted by Gasteiger charge is 2.31. The molecule has 1 aromatic rings. The van der Waals surface area contributed by atoms with Crippen LogP contribution in [0.15, 0.2) is 18.2 Å². The number of likely N-dealkylation sites (tertiary alicyclic amines) is 1. The zero-order valence-electron chi connectivity index (χ0n) is 13.7. The van der Waals surface area contributed by atoms with Crippen LogP contribution < -0.4 is 10.0 Å². The van der Waals surface area contributed by atoms with Gasteiger partial charge in [0.15, 0.2) is 0 Å². The minimum Gasteiger partial charge on any atom is -0.481 e. The molecular weight excluding hydrogens is 353 g/mol. The highest BCUT2D eigenvalue weighted by molar-refractivity contribution is 7.92. The molecule has 1 saturated heterocycles. The summed E-state index contributed by atoms with van der Waals surface area (Å²) in [5, 5.41) is 11.3. The summed E-state index contributed by atoms with van der Waals surface area (Å²) in [5.74, 6) is -2.46. The molecule has 1 aliphatic heterocycles. The number of hydrogen-bond acceptors (Lipinski definition) is 4. The second-order valence-corrected chi connectivity index (χ2v) is 7.66. The Morgan fingerprint density at radius 2 is 2.12 bits per heavy atom. The molecule has 1 aliphatic rings. The molecule has 1 atom stereocenters. The van der Waals surface area contributed by atoms with Crippen molar-refractivity contribution < 1.29 is 27.5 Å². The fourth-order valence-electron chi connectivity index (χ4n) is 2.52. The summed E-state index contributed by atoms with van der Waals surface area (Å²) < 4.78 is 39.7. The van der Waals surface area contributed by atoms with Crippen molar-refractivity contribution in [3.63, 3.8) is 0 Å². The number of carbonyl (C=O) groups excluding carboxylic acids is 1. The minimum absolute atomic E-state index is 0.0658. The van der Waals surface area contributed by atoms with E-state index in [-0.39, 0.29) is 30.2 Å². The molecule has 0 aliphatic carbocycles. The second-order valence-electron chi connectivity index (χ2n) is 5.82. The Morgan fingerprint density at radius 3 is 2.68 bits per heavy atom. The fourth-order valence-corrected chi connectivity index (χ4v) is 3.65. The summed E-state index contributed by atoms with van der Waals surface area (Å²) in [6, 6.07) is 2.98. The third kappa shape index (κ3) is 5.05. The molecule has 0 aromatic heterocycles. The molecular formula is C15H20FN3O5S. The molecule has 0 saturated carbocycles. The molecule has 2 rings (SSSR count). The summed E-state index contributed by atoms with van der Waals surface area (Å²) in [6.45, 7) is 2.06. The van der Waals surface area contributed by atoms with E-state index in [1.807, 2.05) is 0 Å². The maximum Gasteiger partial charge on any atom is 0.321 e. The van der Waals surface area contributed by atoms with Gasteiger partial charge < -0.3 is 15.3 Å². The summed E-state index contributed by atoms with van der Waals surface area (Å²) >= 11 is 0. The number of carbonyl (C=O) groups is 2. The molecule has 138 valence electrons. The van der Waals surface area contributed by atoms with Gasteiger partial charge >= 0.3 is 12.0 Å².